The fourth-order valence-corrected chi connectivity index (χ4v) is 2.40. The summed E-state index contributed by atoms with van der Waals surface area (Å²) in [6.45, 7) is -0.171. The summed E-state index contributed by atoms with van der Waals surface area (Å²) in [5, 5.41) is 4.33. The molecule has 1 saturated carbocycles. The number of carbonyl (C=O) groups excluding carboxylic acids is 1. The molecule has 2 fully saturated rings. The van der Waals surface area contributed by atoms with Crippen LogP contribution in [0.3, 0.4) is 0 Å². The first-order chi connectivity index (χ1) is 8.89. The summed E-state index contributed by atoms with van der Waals surface area (Å²) >= 11 is 0. The molecule has 2 N–H and O–H groups in total. The van der Waals surface area contributed by atoms with Gasteiger partial charge in [0.15, 0.2) is 5.79 Å². The lowest BCUT2D eigenvalue weighted by atomic mass is 9.90. The molecule has 19 heavy (non-hydrogen) atoms. The molecular formula is C11H17F3N2O3. The van der Waals surface area contributed by atoms with Crippen LogP contribution in [0.15, 0.2) is 0 Å². The van der Waals surface area contributed by atoms with E-state index in [1.165, 1.54) is 0 Å². The van der Waals surface area contributed by atoms with Crippen molar-refractivity contribution in [3.63, 3.8) is 0 Å². The summed E-state index contributed by atoms with van der Waals surface area (Å²) in [4.78, 5) is 11.3. The first kappa shape index (κ1) is 14.4. The Kier molecular flexibility index (Phi) is 4.19. The highest BCUT2D eigenvalue weighted by molar-refractivity contribution is 5.74. The number of alkyl halides is 3. The molecular weight excluding hydrogens is 265 g/mol. The minimum atomic E-state index is -4.39. The van der Waals surface area contributed by atoms with Gasteiger partial charge in [-0.1, -0.05) is 0 Å². The van der Waals surface area contributed by atoms with Crippen molar-refractivity contribution in [3.8, 4) is 0 Å². The molecule has 0 aromatic rings. The average Bonchev–Trinajstić information content (AvgIpc) is 2.78. The van der Waals surface area contributed by atoms with E-state index in [0.29, 0.717) is 38.9 Å². The maximum atomic E-state index is 11.9. The quantitative estimate of drug-likeness (QED) is 0.807. The van der Waals surface area contributed by atoms with Crippen molar-refractivity contribution in [3.05, 3.63) is 0 Å². The maximum absolute atomic E-state index is 11.9. The van der Waals surface area contributed by atoms with Gasteiger partial charge in [0.05, 0.1) is 13.2 Å². The highest BCUT2D eigenvalue weighted by Crippen LogP contribution is 2.35. The van der Waals surface area contributed by atoms with Crippen LogP contribution >= 0.6 is 0 Å². The number of halogens is 3. The molecule has 1 spiro atoms. The lowest BCUT2D eigenvalue weighted by molar-refractivity contribution is -0.179. The summed E-state index contributed by atoms with van der Waals surface area (Å²) in [7, 11) is 0. The minimum absolute atomic E-state index is 0.133. The smallest absolute Gasteiger partial charge is 0.348 e. The van der Waals surface area contributed by atoms with Gasteiger partial charge in [-0.05, 0) is 12.8 Å². The van der Waals surface area contributed by atoms with E-state index >= 15 is 0 Å². The van der Waals surface area contributed by atoms with Crippen LogP contribution in [-0.4, -0.2) is 43.8 Å². The van der Waals surface area contributed by atoms with Gasteiger partial charge in [-0.25, -0.2) is 4.79 Å². The zero-order valence-electron chi connectivity index (χ0n) is 10.4. The number of urea groups is 1. The minimum Gasteiger partial charge on any atom is -0.348 e. The number of amides is 2. The van der Waals surface area contributed by atoms with E-state index in [0.717, 1.165) is 0 Å². The van der Waals surface area contributed by atoms with Gasteiger partial charge < -0.3 is 20.1 Å². The number of nitrogens with one attached hydrogen (secondary N) is 2. The molecule has 5 nitrogen and oxygen atoms in total. The van der Waals surface area contributed by atoms with E-state index in [2.05, 4.69) is 5.32 Å². The molecule has 0 radical (unpaired) electrons. The Morgan fingerprint density at radius 1 is 1.21 bits per heavy atom. The van der Waals surface area contributed by atoms with E-state index < -0.39 is 24.5 Å². The fraction of sp³-hybridized carbons (Fsp3) is 0.909. The summed E-state index contributed by atoms with van der Waals surface area (Å²) in [5.74, 6) is -0.527. The molecule has 2 amide bonds. The number of hydrogen-bond acceptors (Lipinski definition) is 3. The SMILES string of the molecule is O=C(NCC(F)(F)F)NC1CCC2(CC1)OCCO2. The normalized spacial score (nSPS) is 23.5. The monoisotopic (exact) mass is 282 g/mol. The molecule has 1 saturated heterocycles. The molecule has 1 aliphatic carbocycles. The second kappa shape index (κ2) is 5.54. The van der Waals surface area contributed by atoms with E-state index in [1.807, 2.05) is 0 Å². The summed E-state index contributed by atoms with van der Waals surface area (Å²) in [5.41, 5.74) is 0. The summed E-state index contributed by atoms with van der Waals surface area (Å²) in [6, 6.07) is -0.918. The third-order valence-corrected chi connectivity index (χ3v) is 3.35. The zero-order valence-corrected chi connectivity index (χ0v) is 10.4. The first-order valence-electron chi connectivity index (χ1n) is 6.28. The van der Waals surface area contributed by atoms with Crippen LogP contribution < -0.4 is 10.6 Å². The zero-order chi connectivity index (χ0) is 13.9. The van der Waals surface area contributed by atoms with Gasteiger partial charge in [-0.2, -0.15) is 13.2 Å². The van der Waals surface area contributed by atoms with Crippen molar-refractivity contribution in [2.45, 2.75) is 43.7 Å². The van der Waals surface area contributed by atoms with E-state index in [1.54, 1.807) is 5.32 Å². The second-order valence-corrected chi connectivity index (χ2v) is 4.82. The molecule has 0 bridgehead atoms. The number of hydrogen-bond donors (Lipinski definition) is 2. The third-order valence-electron chi connectivity index (χ3n) is 3.35. The Morgan fingerprint density at radius 3 is 2.32 bits per heavy atom. The van der Waals surface area contributed by atoms with Gasteiger partial charge >= 0.3 is 12.2 Å². The van der Waals surface area contributed by atoms with Crippen molar-refractivity contribution >= 4 is 6.03 Å². The van der Waals surface area contributed by atoms with Crippen LogP contribution in [0.25, 0.3) is 0 Å². The van der Waals surface area contributed by atoms with Gasteiger partial charge in [0.2, 0.25) is 0 Å². The highest BCUT2D eigenvalue weighted by atomic mass is 19.4. The van der Waals surface area contributed by atoms with Gasteiger partial charge in [0, 0.05) is 18.9 Å². The standard InChI is InChI=1S/C11H17F3N2O3/c12-11(13,14)7-15-9(17)16-8-1-3-10(4-2-8)18-5-6-19-10/h8H,1-7H2,(H2,15,16,17). The lowest BCUT2D eigenvalue weighted by Gasteiger charge is -2.35. The van der Waals surface area contributed by atoms with Crippen molar-refractivity contribution < 1.29 is 27.4 Å². The van der Waals surface area contributed by atoms with Crippen LogP contribution in [0.5, 0.6) is 0 Å². The predicted molar refractivity (Wildman–Crippen MR) is 59.5 cm³/mol. The number of carbonyl (C=O) groups is 1. The van der Waals surface area contributed by atoms with Gasteiger partial charge in [-0.3, -0.25) is 0 Å². The molecule has 0 atom stereocenters. The van der Waals surface area contributed by atoms with Crippen LogP contribution in [0.1, 0.15) is 25.7 Å². The Bertz CT molecular complexity index is 320. The molecule has 110 valence electrons. The number of ether oxygens (including phenoxy) is 2. The Hall–Kier alpha value is -1.02. The van der Waals surface area contributed by atoms with Crippen molar-refractivity contribution in [1.29, 1.82) is 0 Å². The van der Waals surface area contributed by atoms with E-state index in [4.69, 9.17) is 9.47 Å². The van der Waals surface area contributed by atoms with Crippen molar-refractivity contribution in [2.75, 3.05) is 19.8 Å². The molecule has 0 unspecified atom stereocenters. The second-order valence-electron chi connectivity index (χ2n) is 4.82. The summed E-state index contributed by atoms with van der Waals surface area (Å²) in [6.07, 6.45) is -1.81. The summed E-state index contributed by atoms with van der Waals surface area (Å²) < 4.78 is 46.8. The van der Waals surface area contributed by atoms with Crippen molar-refractivity contribution in [1.82, 2.24) is 10.6 Å². The molecule has 1 heterocycles. The Balaban J connectivity index is 1.69. The molecule has 2 rings (SSSR count). The van der Waals surface area contributed by atoms with E-state index in [9.17, 15) is 18.0 Å². The van der Waals surface area contributed by atoms with Crippen LogP contribution in [0, 0.1) is 0 Å². The molecule has 0 aromatic heterocycles. The number of rotatable bonds is 2. The Morgan fingerprint density at radius 2 is 1.79 bits per heavy atom. The lowest BCUT2D eigenvalue weighted by Crippen LogP contribution is -2.48. The largest absolute Gasteiger partial charge is 0.405 e. The third kappa shape index (κ3) is 4.24. The average molecular weight is 282 g/mol. The fourth-order valence-electron chi connectivity index (χ4n) is 2.40. The molecule has 2 aliphatic rings. The topological polar surface area (TPSA) is 59.6 Å². The van der Waals surface area contributed by atoms with E-state index in [-0.39, 0.29) is 6.04 Å². The van der Waals surface area contributed by atoms with Gasteiger partial charge in [0.1, 0.15) is 6.54 Å². The van der Waals surface area contributed by atoms with Gasteiger partial charge in [0.25, 0.3) is 0 Å². The highest BCUT2D eigenvalue weighted by Gasteiger charge is 2.40. The van der Waals surface area contributed by atoms with Crippen LogP contribution in [0.2, 0.25) is 0 Å². The Labute approximate surface area is 108 Å². The molecule has 8 heteroatoms. The van der Waals surface area contributed by atoms with Crippen molar-refractivity contribution in [2.24, 2.45) is 0 Å². The van der Waals surface area contributed by atoms with Crippen LogP contribution in [0.4, 0.5) is 18.0 Å². The maximum Gasteiger partial charge on any atom is 0.405 e. The predicted octanol–water partition coefficient (Wildman–Crippen LogP) is 1.53. The van der Waals surface area contributed by atoms with Crippen LogP contribution in [-0.2, 0) is 9.47 Å². The molecule has 1 aliphatic heterocycles. The van der Waals surface area contributed by atoms with Gasteiger partial charge in [-0.15, -0.1) is 0 Å². The molecule has 0 aromatic carbocycles. The first-order valence-corrected chi connectivity index (χ1v) is 6.28.